The third-order valence-corrected chi connectivity index (χ3v) is 6.16. The van der Waals surface area contributed by atoms with Crippen LogP contribution in [0.5, 0.6) is 0 Å². The standard InChI is InChI=1S/C13H18F3N3O2S/c14-13(15,16)12(6-1-2-7-12)18-22(20,21)11-8-17-19(9-11)10-4-3-5-10/h8-10,18H,1-7H2. The number of halogens is 3. The van der Waals surface area contributed by atoms with Crippen LogP contribution >= 0.6 is 0 Å². The first-order valence-electron chi connectivity index (χ1n) is 7.38. The second kappa shape index (κ2) is 5.23. The molecule has 0 bridgehead atoms. The fraction of sp³-hybridized carbons (Fsp3) is 0.769. The summed E-state index contributed by atoms with van der Waals surface area (Å²) in [6, 6.07) is 0.159. The molecule has 0 atom stereocenters. The van der Waals surface area contributed by atoms with E-state index >= 15 is 0 Å². The van der Waals surface area contributed by atoms with E-state index in [2.05, 4.69) is 5.10 Å². The molecule has 2 saturated carbocycles. The summed E-state index contributed by atoms with van der Waals surface area (Å²) in [5.74, 6) is 0. The minimum absolute atomic E-state index is 0.159. The van der Waals surface area contributed by atoms with Crippen LogP contribution in [0.1, 0.15) is 51.0 Å². The summed E-state index contributed by atoms with van der Waals surface area (Å²) < 4.78 is 68.0. The van der Waals surface area contributed by atoms with Crippen molar-refractivity contribution in [3.05, 3.63) is 12.4 Å². The number of sulfonamides is 1. The molecule has 0 aliphatic heterocycles. The maximum Gasteiger partial charge on any atom is 0.407 e. The summed E-state index contributed by atoms with van der Waals surface area (Å²) in [7, 11) is -4.24. The Morgan fingerprint density at radius 3 is 2.36 bits per heavy atom. The third-order valence-electron chi connectivity index (χ3n) is 4.67. The second-order valence-corrected chi connectivity index (χ2v) is 7.82. The van der Waals surface area contributed by atoms with Crippen LogP contribution in [0.25, 0.3) is 0 Å². The number of alkyl halides is 3. The Balaban J connectivity index is 1.84. The Morgan fingerprint density at radius 2 is 1.86 bits per heavy atom. The fourth-order valence-corrected chi connectivity index (χ4v) is 4.43. The first kappa shape index (κ1) is 15.8. The average molecular weight is 337 g/mol. The largest absolute Gasteiger partial charge is 0.407 e. The molecule has 0 radical (unpaired) electrons. The van der Waals surface area contributed by atoms with Gasteiger partial charge in [-0.2, -0.15) is 23.0 Å². The first-order chi connectivity index (χ1) is 10.2. The van der Waals surface area contributed by atoms with E-state index in [1.54, 1.807) is 0 Å². The van der Waals surface area contributed by atoms with Crippen LogP contribution in [0.2, 0.25) is 0 Å². The van der Waals surface area contributed by atoms with E-state index in [9.17, 15) is 21.6 Å². The molecular formula is C13H18F3N3O2S. The van der Waals surface area contributed by atoms with E-state index in [1.807, 2.05) is 4.72 Å². The van der Waals surface area contributed by atoms with E-state index in [0.717, 1.165) is 25.5 Å². The van der Waals surface area contributed by atoms with E-state index < -0.39 is 21.7 Å². The van der Waals surface area contributed by atoms with E-state index in [-0.39, 0.29) is 23.8 Å². The highest BCUT2D eigenvalue weighted by Gasteiger charge is 2.58. The van der Waals surface area contributed by atoms with Gasteiger partial charge in [0.05, 0.1) is 12.2 Å². The van der Waals surface area contributed by atoms with Gasteiger partial charge in [0.1, 0.15) is 10.4 Å². The van der Waals surface area contributed by atoms with Gasteiger partial charge in [-0.25, -0.2) is 8.42 Å². The van der Waals surface area contributed by atoms with E-state index in [0.29, 0.717) is 12.8 Å². The highest BCUT2D eigenvalue weighted by Crippen LogP contribution is 2.43. The van der Waals surface area contributed by atoms with Gasteiger partial charge in [0.25, 0.3) is 0 Å². The number of hydrogen-bond acceptors (Lipinski definition) is 3. The Morgan fingerprint density at radius 1 is 1.23 bits per heavy atom. The maximum atomic E-state index is 13.3. The van der Waals surface area contributed by atoms with Crippen LogP contribution < -0.4 is 4.72 Å². The Hall–Kier alpha value is -1.09. The number of aromatic nitrogens is 2. The average Bonchev–Trinajstić information content (AvgIpc) is 2.95. The van der Waals surface area contributed by atoms with E-state index in [4.69, 9.17) is 0 Å². The molecule has 0 aromatic carbocycles. The molecular weight excluding hydrogens is 319 g/mol. The van der Waals surface area contributed by atoms with Crippen molar-refractivity contribution in [3.8, 4) is 0 Å². The van der Waals surface area contributed by atoms with Crippen LogP contribution in [0.4, 0.5) is 13.2 Å². The van der Waals surface area contributed by atoms with E-state index in [1.165, 1.54) is 10.9 Å². The van der Waals surface area contributed by atoms with Crippen LogP contribution in [0.3, 0.4) is 0 Å². The van der Waals surface area contributed by atoms with Gasteiger partial charge < -0.3 is 0 Å². The number of nitrogens with one attached hydrogen (secondary N) is 1. The first-order valence-corrected chi connectivity index (χ1v) is 8.87. The lowest BCUT2D eigenvalue weighted by molar-refractivity contribution is -0.188. The predicted molar refractivity (Wildman–Crippen MR) is 72.7 cm³/mol. The zero-order valence-electron chi connectivity index (χ0n) is 11.9. The molecule has 2 aliphatic carbocycles. The van der Waals surface area contributed by atoms with Gasteiger partial charge >= 0.3 is 6.18 Å². The summed E-state index contributed by atoms with van der Waals surface area (Å²) in [5, 5.41) is 3.98. The van der Waals surface area contributed by atoms with Crippen molar-refractivity contribution >= 4 is 10.0 Å². The smallest absolute Gasteiger partial charge is 0.268 e. The molecule has 1 aromatic rings. The highest BCUT2D eigenvalue weighted by atomic mass is 32.2. The Labute approximate surface area is 126 Å². The molecule has 0 amide bonds. The minimum Gasteiger partial charge on any atom is -0.268 e. The molecule has 124 valence electrons. The van der Waals surface area contributed by atoms with Crippen molar-refractivity contribution in [1.82, 2.24) is 14.5 Å². The molecule has 1 N–H and O–H groups in total. The lowest BCUT2D eigenvalue weighted by atomic mass is 9.93. The van der Waals surface area contributed by atoms with Gasteiger partial charge in [0, 0.05) is 6.20 Å². The molecule has 9 heteroatoms. The summed E-state index contributed by atoms with van der Waals surface area (Å²) in [5.41, 5.74) is -2.34. The summed E-state index contributed by atoms with van der Waals surface area (Å²) in [6.45, 7) is 0. The Bertz CT molecular complexity index is 644. The molecule has 0 unspecified atom stereocenters. The third kappa shape index (κ3) is 2.64. The fourth-order valence-electron chi connectivity index (χ4n) is 3.05. The van der Waals surface area contributed by atoms with Crippen molar-refractivity contribution in [1.29, 1.82) is 0 Å². The molecule has 3 rings (SSSR count). The van der Waals surface area contributed by atoms with Crippen molar-refractivity contribution < 1.29 is 21.6 Å². The van der Waals surface area contributed by atoms with Crippen molar-refractivity contribution in [2.75, 3.05) is 0 Å². The number of nitrogens with zero attached hydrogens (tertiary/aromatic N) is 2. The van der Waals surface area contributed by atoms with Gasteiger partial charge in [-0.05, 0) is 32.1 Å². The summed E-state index contributed by atoms with van der Waals surface area (Å²) in [4.78, 5) is -0.199. The van der Waals surface area contributed by atoms with Crippen LogP contribution in [-0.4, -0.2) is 29.9 Å². The zero-order valence-corrected chi connectivity index (χ0v) is 12.8. The lowest BCUT2D eigenvalue weighted by Gasteiger charge is -2.32. The summed E-state index contributed by atoms with van der Waals surface area (Å²) in [6.07, 6.45) is 1.04. The molecule has 1 aromatic heterocycles. The molecule has 5 nitrogen and oxygen atoms in total. The Kier molecular flexibility index (Phi) is 3.75. The molecule has 2 fully saturated rings. The molecule has 2 aliphatic rings. The molecule has 0 saturated heterocycles. The SMILES string of the molecule is O=S(=O)(NC1(C(F)(F)F)CCCC1)c1cnn(C2CCC2)c1. The monoisotopic (exact) mass is 337 g/mol. The predicted octanol–water partition coefficient (Wildman–Crippen LogP) is 2.76. The number of hydrogen-bond donors (Lipinski definition) is 1. The molecule has 22 heavy (non-hydrogen) atoms. The van der Waals surface area contributed by atoms with Crippen LogP contribution in [0, 0.1) is 0 Å². The topological polar surface area (TPSA) is 64.0 Å². The van der Waals surface area contributed by atoms with Gasteiger partial charge in [0.15, 0.2) is 0 Å². The van der Waals surface area contributed by atoms with Gasteiger partial charge in [-0.3, -0.25) is 4.68 Å². The van der Waals surface area contributed by atoms with Gasteiger partial charge in [-0.1, -0.05) is 12.8 Å². The minimum atomic E-state index is -4.60. The lowest BCUT2D eigenvalue weighted by Crippen LogP contribution is -2.56. The molecule has 1 heterocycles. The quantitative estimate of drug-likeness (QED) is 0.919. The van der Waals surface area contributed by atoms with Gasteiger partial charge in [-0.15, -0.1) is 0 Å². The van der Waals surface area contributed by atoms with Crippen LogP contribution in [-0.2, 0) is 10.0 Å². The number of rotatable bonds is 4. The normalized spacial score (nSPS) is 22.7. The summed E-state index contributed by atoms with van der Waals surface area (Å²) >= 11 is 0. The highest BCUT2D eigenvalue weighted by molar-refractivity contribution is 7.89. The van der Waals surface area contributed by atoms with Gasteiger partial charge in [0.2, 0.25) is 10.0 Å². The van der Waals surface area contributed by atoms with Crippen molar-refractivity contribution in [2.45, 2.75) is 67.6 Å². The second-order valence-electron chi connectivity index (χ2n) is 6.13. The van der Waals surface area contributed by atoms with Crippen LogP contribution in [0.15, 0.2) is 17.3 Å². The maximum absolute atomic E-state index is 13.3. The van der Waals surface area contributed by atoms with Crippen molar-refractivity contribution in [3.63, 3.8) is 0 Å². The zero-order chi connectivity index (χ0) is 16.0. The molecule has 0 spiro atoms. The van der Waals surface area contributed by atoms with Crippen molar-refractivity contribution in [2.24, 2.45) is 0 Å².